The van der Waals surface area contributed by atoms with E-state index >= 15 is 0 Å². The van der Waals surface area contributed by atoms with Crippen LogP contribution in [-0.4, -0.2) is 52.4 Å². The summed E-state index contributed by atoms with van der Waals surface area (Å²) < 4.78 is 5.80. The predicted octanol–water partition coefficient (Wildman–Crippen LogP) is 2.48. The fourth-order valence-electron chi connectivity index (χ4n) is 3.77. The standard InChI is InChI=1S/C22H25N3O3/c1-15-5-7-16(8-6-15)13-24(2)22(27)21-20(17-4-3-11-23-12-17)25(18-9-10-18)19(26)14-28-21/h3-8,11-12,18,20-21H,9-10,13-14H2,1-2H3/t20-,21+/m1/s1. The molecule has 0 bridgehead atoms. The van der Waals surface area contributed by atoms with E-state index in [0.29, 0.717) is 6.54 Å². The Morgan fingerprint density at radius 3 is 2.64 bits per heavy atom. The van der Waals surface area contributed by atoms with E-state index < -0.39 is 12.1 Å². The molecule has 1 aliphatic heterocycles. The minimum absolute atomic E-state index is 0.0535. The number of rotatable bonds is 5. The van der Waals surface area contributed by atoms with Gasteiger partial charge in [0.05, 0.1) is 6.04 Å². The van der Waals surface area contributed by atoms with Gasteiger partial charge in [-0.2, -0.15) is 0 Å². The lowest BCUT2D eigenvalue weighted by Gasteiger charge is -2.41. The number of nitrogens with zero attached hydrogens (tertiary/aromatic N) is 3. The second kappa shape index (κ2) is 7.72. The van der Waals surface area contributed by atoms with Gasteiger partial charge in [-0.3, -0.25) is 14.6 Å². The van der Waals surface area contributed by atoms with Gasteiger partial charge in [-0.25, -0.2) is 0 Å². The molecule has 1 aliphatic carbocycles. The normalized spacial score (nSPS) is 22.2. The molecule has 1 aromatic carbocycles. The Kier molecular flexibility index (Phi) is 5.13. The van der Waals surface area contributed by atoms with Crippen molar-refractivity contribution < 1.29 is 14.3 Å². The average molecular weight is 379 g/mol. The summed E-state index contributed by atoms with van der Waals surface area (Å²) in [6.07, 6.45) is 4.64. The van der Waals surface area contributed by atoms with E-state index in [1.165, 1.54) is 5.56 Å². The summed E-state index contributed by atoms with van der Waals surface area (Å²) in [6.45, 7) is 2.48. The summed E-state index contributed by atoms with van der Waals surface area (Å²) in [5.41, 5.74) is 3.08. The third-order valence-electron chi connectivity index (χ3n) is 5.39. The minimum atomic E-state index is -0.724. The summed E-state index contributed by atoms with van der Waals surface area (Å²) in [7, 11) is 1.78. The Labute approximate surface area is 165 Å². The second-order valence-electron chi connectivity index (χ2n) is 7.67. The molecular weight excluding hydrogens is 354 g/mol. The summed E-state index contributed by atoms with van der Waals surface area (Å²) in [5.74, 6) is -0.172. The van der Waals surface area contributed by atoms with Crippen LogP contribution in [0.1, 0.15) is 35.6 Å². The van der Waals surface area contributed by atoms with Crippen LogP contribution in [0.25, 0.3) is 0 Å². The Balaban J connectivity index is 1.59. The largest absolute Gasteiger partial charge is 0.356 e. The predicted molar refractivity (Wildman–Crippen MR) is 104 cm³/mol. The van der Waals surface area contributed by atoms with Gasteiger partial charge in [0.25, 0.3) is 5.91 Å². The zero-order chi connectivity index (χ0) is 19.7. The number of amides is 2. The number of aromatic nitrogens is 1. The molecule has 1 saturated heterocycles. The molecule has 0 radical (unpaired) electrons. The van der Waals surface area contributed by atoms with E-state index in [9.17, 15) is 9.59 Å². The Morgan fingerprint density at radius 2 is 2.00 bits per heavy atom. The van der Waals surface area contributed by atoms with E-state index in [4.69, 9.17) is 4.74 Å². The molecule has 0 N–H and O–H groups in total. The van der Waals surface area contributed by atoms with Crippen molar-refractivity contribution in [2.45, 2.75) is 44.5 Å². The summed E-state index contributed by atoms with van der Waals surface area (Å²) in [6, 6.07) is 11.6. The van der Waals surface area contributed by atoms with Gasteiger partial charge in [0.2, 0.25) is 5.91 Å². The highest BCUT2D eigenvalue weighted by Gasteiger charge is 2.48. The molecule has 2 amide bonds. The van der Waals surface area contributed by atoms with Crippen molar-refractivity contribution in [3.63, 3.8) is 0 Å². The average Bonchev–Trinajstić information content (AvgIpc) is 3.54. The fourth-order valence-corrected chi connectivity index (χ4v) is 3.77. The van der Waals surface area contributed by atoms with Crippen LogP contribution in [-0.2, 0) is 20.9 Å². The number of carbonyl (C=O) groups is 2. The number of benzene rings is 1. The van der Waals surface area contributed by atoms with Crippen molar-refractivity contribution >= 4 is 11.8 Å². The first-order valence-electron chi connectivity index (χ1n) is 9.68. The van der Waals surface area contributed by atoms with Gasteiger partial charge >= 0.3 is 0 Å². The van der Waals surface area contributed by atoms with Crippen LogP contribution < -0.4 is 0 Å². The van der Waals surface area contributed by atoms with Gasteiger partial charge in [-0.1, -0.05) is 35.9 Å². The third-order valence-corrected chi connectivity index (χ3v) is 5.39. The lowest BCUT2D eigenvalue weighted by Crippen LogP contribution is -2.55. The molecule has 2 fully saturated rings. The minimum Gasteiger partial charge on any atom is -0.356 e. The summed E-state index contributed by atoms with van der Waals surface area (Å²) in [4.78, 5) is 33.6. The van der Waals surface area contributed by atoms with E-state index in [-0.39, 0.29) is 24.5 Å². The maximum atomic E-state index is 13.3. The number of hydrogen-bond donors (Lipinski definition) is 0. The zero-order valence-electron chi connectivity index (χ0n) is 16.2. The molecule has 1 saturated carbocycles. The molecule has 4 rings (SSSR count). The Bertz CT molecular complexity index is 849. The molecule has 6 heteroatoms. The third kappa shape index (κ3) is 3.78. The molecule has 2 aromatic rings. The van der Waals surface area contributed by atoms with E-state index in [2.05, 4.69) is 4.98 Å². The van der Waals surface area contributed by atoms with Gasteiger partial charge < -0.3 is 14.5 Å². The van der Waals surface area contributed by atoms with Gasteiger partial charge in [-0.15, -0.1) is 0 Å². The number of aryl methyl sites for hydroxylation is 1. The molecule has 6 nitrogen and oxygen atoms in total. The number of hydrogen-bond acceptors (Lipinski definition) is 4. The quantitative estimate of drug-likeness (QED) is 0.801. The van der Waals surface area contributed by atoms with Crippen LogP contribution in [0.3, 0.4) is 0 Å². The molecular formula is C22H25N3O3. The van der Waals surface area contributed by atoms with Crippen molar-refractivity contribution in [3.05, 3.63) is 65.5 Å². The van der Waals surface area contributed by atoms with Crippen LogP contribution in [0.4, 0.5) is 0 Å². The first kappa shape index (κ1) is 18.6. The van der Waals surface area contributed by atoms with Crippen molar-refractivity contribution in [2.75, 3.05) is 13.7 Å². The molecule has 28 heavy (non-hydrogen) atoms. The number of carbonyl (C=O) groups excluding carboxylic acids is 2. The molecule has 2 heterocycles. The van der Waals surface area contributed by atoms with Crippen LogP contribution >= 0.6 is 0 Å². The number of morpholine rings is 1. The van der Waals surface area contributed by atoms with Crippen LogP contribution in [0.15, 0.2) is 48.8 Å². The van der Waals surface area contributed by atoms with Gasteiger partial charge in [0.15, 0.2) is 6.10 Å². The Morgan fingerprint density at radius 1 is 1.25 bits per heavy atom. The zero-order valence-corrected chi connectivity index (χ0v) is 16.2. The molecule has 0 unspecified atom stereocenters. The smallest absolute Gasteiger partial charge is 0.254 e. The molecule has 2 atom stereocenters. The highest BCUT2D eigenvalue weighted by Crippen LogP contribution is 2.39. The van der Waals surface area contributed by atoms with E-state index in [1.54, 1.807) is 24.3 Å². The maximum Gasteiger partial charge on any atom is 0.254 e. The fraction of sp³-hybridized carbons (Fsp3) is 0.409. The maximum absolute atomic E-state index is 13.3. The van der Waals surface area contributed by atoms with Crippen molar-refractivity contribution in [2.24, 2.45) is 0 Å². The van der Waals surface area contributed by atoms with Crippen LogP contribution in [0, 0.1) is 6.92 Å². The van der Waals surface area contributed by atoms with Gasteiger partial charge in [0.1, 0.15) is 6.61 Å². The van der Waals surface area contributed by atoms with Crippen molar-refractivity contribution in [1.29, 1.82) is 0 Å². The van der Waals surface area contributed by atoms with E-state index in [0.717, 1.165) is 24.0 Å². The first-order chi connectivity index (χ1) is 13.5. The lowest BCUT2D eigenvalue weighted by molar-refractivity contribution is -0.170. The summed E-state index contributed by atoms with van der Waals surface area (Å²) in [5, 5.41) is 0. The van der Waals surface area contributed by atoms with Gasteiger partial charge in [0, 0.05) is 32.0 Å². The van der Waals surface area contributed by atoms with E-state index in [1.807, 2.05) is 48.2 Å². The second-order valence-corrected chi connectivity index (χ2v) is 7.67. The molecule has 146 valence electrons. The van der Waals surface area contributed by atoms with Gasteiger partial charge in [-0.05, 0) is 37.0 Å². The number of pyridine rings is 1. The topological polar surface area (TPSA) is 62.7 Å². The lowest BCUT2D eigenvalue weighted by atomic mass is 9.97. The van der Waals surface area contributed by atoms with Crippen LogP contribution in [0.5, 0.6) is 0 Å². The van der Waals surface area contributed by atoms with Crippen molar-refractivity contribution in [3.8, 4) is 0 Å². The van der Waals surface area contributed by atoms with Crippen LogP contribution in [0.2, 0.25) is 0 Å². The highest BCUT2D eigenvalue weighted by molar-refractivity contribution is 5.86. The molecule has 0 spiro atoms. The summed E-state index contributed by atoms with van der Waals surface area (Å²) >= 11 is 0. The highest BCUT2D eigenvalue weighted by atomic mass is 16.5. The monoisotopic (exact) mass is 379 g/mol. The first-order valence-corrected chi connectivity index (χ1v) is 9.68. The SMILES string of the molecule is Cc1ccc(CN(C)C(=O)[C@H]2OCC(=O)N(C3CC3)[C@@H]2c2cccnc2)cc1. The number of ether oxygens (including phenoxy) is 1. The molecule has 2 aliphatic rings. The molecule has 1 aromatic heterocycles. The number of likely N-dealkylation sites (N-methyl/N-ethyl adjacent to an activating group) is 1. The Hall–Kier alpha value is -2.73. The van der Waals surface area contributed by atoms with Crippen molar-refractivity contribution in [1.82, 2.24) is 14.8 Å².